The second kappa shape index (κ2) is 5.11. The average Bonchev–Trinajstić information content (AvgIpc) is 2.15. The van der Waals surface area contributed by atoms with Gasteiger partial charge in [-0.3, -0.25) is 4.79 Å². The average molecular weight is 272 g/mol. The Labute approximate surface area is 97.8 Å². The number of aryl methyl sites for hydroxylation is 1. The number of rotatable bonds is 3. The Morgan fingerprint density at radius 3 is 2.80 bits per heavy atom. The zero-order chi connectivity index (χ0) is 11.4. The first-order chi connectivity index (χ1) is 7.00. The maximum Gasteiger partial charge on any atom is 0.241 e. The molecule has 82 valence electrons. The van der Waals surface area contributed by atoms with E-state index in [-0.39, 0.29) is 12.5 Å². The van der Waals surface area contributed by atoms with Crippen LogP contribution in [0.2, 0.25) is 0 Å². The lowest BCUT2D eigenvalue weighted by atomic mass is 10.3. The van der Waals surface area contributed by atoms with Crippen molar-refractivity contribution < 1.29 is 4.79 Å². The summed E-state index contributed by atoms with van der Waals surface area (Å²) in [5, 5.41) is 3.00. The topological polar surface area (TPSA) is 45.2 Å². The first-order valence-electron chi connectivity index (χ1n) is 4.57. The predicted octanol–water partition coefficient (Wildman–Crippen LogP) is 1.65. The van der Waals surface area contributed by atoms with Gasteiger partial charge in [-0.05, 0) is 34.5 Å². The molecule has 1 N–H and O–H groups in total. The molecule has 0 atom stereocenters. The molecule has 15 heavy (non-hydrogen) atoms. The van der Waals surface area contributed by atoms with Crippen LogP contribution < -0.4 is 5.32 Å². The van der Waals surface area contributed by atoms with Gasteiger partial charge >= 0.3 is 0 Å². The molecule has 0 aliphatic heterocycles. The second-order valence-corrected chi connectivity index (χ2v) is 4.38. The van der Waals surface area contributed by atoms with Gasteiger partial charge in [0, 0.05) is 24.8 Å². The second-order valence-electron chi connectivity index (χ2n) is 3.46. The van der Waals surface area contributed by atoms with Crippen LogP contribution in [0.5, 0.6) is 0 Å². The summed E-state index contributed by atoms with van der Waals surface area (Å²) in [7, 11) is 3.46. The Morgan fingerprint density at radius 1 is 1.60 bits per heavy atom. The van der Waals surface area contributed by atoms with E-state index in [1.807, 2.05) is 13.0 Å². The van der Waals surface area contributed by atoms with Crippen LogP contribution in [0.1, 0.15) is 5.56 Å². The predicted molar refractivity (Wildman–Crippen MR) is 63.9 cm³/mol. The van der Waals surface area contributed by atoms with Gasteiger partial charge in [0.15, 0.2) is 0 Å². The van der Waals surface area contributed by atoms with Crippen LogP contribution in [0.15, 0.2) is 16.7 Å². The third-order valence-corrected chi connectivity index (χ3v) is 2.38. The number of anilines is 1. The van der Waals surface area contributed by atoms with E-state index in [9.17, 15) is 4.79 Å². The van der Waals surface area contributed by atoms with E-state index in [0.717, 1.165) is 15.9 Å². The molecule has 0 saturated heterocycles. The van der Waals surface area contributed by atoms with Crippen molar-refractivity contribution in [1.82, 2.24) is 9.88 Å². The van der Waals surface area contributed by atoms with E-state index in [1.54, 1.807) is 25.2 Å². The fourth-order valence-electron chi connectivity index (χ4n) is 1.04. The largest absolute Gasteiger partial charge is 0.361 e. The summed E-state index contributed by atoms with van der Waals surface area (Å²) in [6.45, 7) is 2.21. The van der Waals surface area contributed by atoms with Crippen molar-refractivity contribution in [1.29, 1.82) is 0 Å². The standard InChI is InChI=1S/C10H14BrN3O/c1-7-4-8(11)5-12-10(7)13-6-9(15)14(2)3/h4-5H,6H2,1-3H3,(H,12,13). The van der Waals surface area contributed by atoms with E-state index < -0.39 is 0 Å². The molecule has 0 spiro atoms. The summed E-state index contributed by atoms with van der Waals surface area (Å²) >= 11 is 3.33. The third kappa shape index (κ3) is 3.51. The van der Waals surface area contributed by atoms with Crippen LogP contribution in [-0.2, 0) is 4.79 Å². The van der Waals surface area contributed by atoms with E-state index in [0.29, 0.717) is 0 Å². The van der Waals surface area contributed by atoms with E-state index in [1.165, 1.54) is 0 Å². The number of halogens is 1. The van der Waals surface area contributed by atoms with Gasteiger partial charge in [0.05, 0.1) is 6.54 Å². The van der Waals surface area contributed by atoms with Crippen LogP contribution in [-0.4, -0.2) is 36.4 Å². The number of likely N-dealkylation sites (N-methyl/N-ethyl adjacent to an activating group) is 1. The smallest absolute Gasteiger partial charge is 0.241 e. The van der Waals surface area contributed by atoms with Crippen molar-refractivity contribution in [2.45, 2.75) is 6.92 Å². The molecule has 5 heteroatoms. The Kier molecular flexibility index (Phi) is 4.08. The van der Waals surface area contributed by atoms with Crippen molar-refractivity contribution >= 4 is 27.7 Å². The Morgan fingerprint density at radius 2 is 2.27 bits per heavy atom. The molecule has 0 bridgehead atoms. The highest BCUT2D eigenvalue weighted by molar-refractivity contribution is 9.10. The number of pyridine rings is 1. The highest BCUT2D eigenvalue weighted by Crippen LogP contribution is 2.16. The molecule has 0 aliphatic carbocycles. The highest BCUT2D eigenvalue weighted by atomic mass is 79.9. The van der Waals surface area contributed by atoms with Crippen LogP contribution >= 0.6 is 15.9 Å². The molecule has 1 amide bonds. The summed E-state index contributed by atoms with van der Waals surface area (Å²) in [4.78, 5) is 17.0. The third-order valence-electron chi connectivity index (χ3n) is 1.95. The zero-order valence-electron chi connectivity index (χ0n) is 9.04. The molecular weight excluding hydrogens is 258 g/mol. The van der Waals surface area contributed by atoms with Gasteiger partial charge in [0.25, 0.3) is 0 Å². The lowest BCUT2D eigenvalue weighted by molar-refractivity contribution is -0.126. The zero-order valence-corrected chi connectivity index (χ0v) is 10.6. The van der Waals surface area contributed by atoms with Crippen molar-refractivity contribution in [2.24, 2.45) is 0 Å². The molecule has 0 saturated carbocycles. The van der Waals surface area contributed by atoms with Gasteiger partial charge in [0.1, 0.15) is 5.82 Å². The van der Waals surface area contributed by atoms with Gasteiger partial charge in [-0.2, -0.15) is 0 Å². The number of hydrogen-bond donors (Lipinski definition) is 1. The van der Waals surface area contributed by atoms with E-state index in [4.69, 9.17) is 0 Å². The molecule has 0 fully saturated rings. The van der Waals surface area contributed by atoms with Crippen molar-refractivity contribution in [3.63, 3.8) is 0 Å². The summed E-state index contributed by atoms with van der Waals surface area (Å²) < 4.78 is 0.935. The van der Waals surface area contributed by atoms with Crippen molar-refractivity contribution in [3.05, 3.63) is 22.3 Å². The summed E-state index contributed by atoms with van der Waals surface area (Å²) in [6, 6.07) is 1.95. The summed E-state index contributed by atoms with van der Waals surface area (Å²) in [5.41, 5.74) is 1.01. The molecule has 1 aromatic rings. The van der Waals surface area contributed by atoms with Crippen molar-refractivity contribution in [3.8, 4) is 0 Å². The molecule has 0 aliphatic rings. The first kappa shape index (κ1) is 12.0. The van der Waals surface area contributed by atoms with Gasteiger partial charge < -0.3 is 10.2 Å². The Bertz CT molecular complexity index is 366. The van der Waals surface area contributed by atoms with Gasteiger partial charge in [0.2, 0.25) is 5.91 Å². The maximum atomic E-state index is 11.3. The molecule has 1 heterocycles. The minimum absolute atomic E-state index is 0.0270. The first-order valence-corrected chi connectivity index (χ1v) is 5.36. The Hall–Kier alpha value is -1.10. The quantitative estimate of drug-likeness (QED) is 0.910. The summed E-state index contributed by atoms with van der Waals surface area (Å²) in [5.74, 6) is 0.771. The molecule has 0 aromatic carbocycles. The van der Waals surface area contributed by atoms with Crippen LogP contribution in [0.4, 0.5) is 5.82 Å². The van der Waals surface area contributed by atoms with E-state index in [2.05, 4.69) is 26.2 Å². The number of carbonyl (C=O) groups is 1. The highest BCUT2D eigenvalue weighted by Gasteiger charge is 2.05. The molecule has 0 unspecified atom stereocenters. The maximum absolute atomic E-state index is 11.3. The summed E-state index contributed by atoms with van der Waals surface area (Å²) in [6.07, 6.45) is 1.70. The molecule has 1 rings (SSSR count). The molecule has 1 aromatic heterocycles. The van der Waals surface area contributed by atoms with Crippen LogP contribution in [0.25, 0.3) is 0 Å². The van der Waals surface area contributed by atoms with Gasteiger partial charge in [-0.1, -0.05) is 0 Å². The molecular formula is C10H14BrN3O. The fraction of sp³-hybridized carbons (Fsp3) is 0.400. The lowest BCUT2D eigenvalue weighted by Gasteiger charge is -2.12. The normalized spacial score (nSPS) is 9.87. The van der Waals surface area contributed by atoms with E-state index >= 15 is 0 Å². The van der Waals surface area contributed by atoms with Crippen molar-refractivity contribution in [2.75, 3.05) is 26.0 Å². The number of amides is 1. The molecule has 0 radical (unpaired) electrons. The number of aromatic nitrogens is 1. The lowest BCUT2D eigenvalue weighted by Crippen LogP contribution is -2.29. The monoisotopic (exact) mass is 271 g/mol. The van der Waals surface area contributed by atoms with Gasteiger partial charge in [-0.15, -0.1) is 0 Å². The SMILES string of the molecule is Cc1cc(Br)cnc1NCC(=O)N(C)C. The number of nitrogens with one attached hydrogen (secondary N) is 1. The van der Waals surface area contributed by atoms with Crippen LogP contribution in [0.3, 0.4) is 0 Å². The minimum atomic E-state index is 0.0270. The Balaban J connectivity index is 2.62. The van der Waals surface area contributed by atoms with Crippen LogP contribution in [0, 0.1) is 6.92 Å². The number of nitrogens with zero attached hydrogens (tertiary/aromatic N) is 2. The minimum Gasteiger partial charge on any atom is -0.361 e. The fourth-order valence-corrected chi connectivity index (χ4v) is 1.49. The number of hydrogen-bond acceptors (Lipinski definition) is 3. The number of carbonyl (C=O) groups excluding carboxylic acids is 1. The van der Waals surface area contributed by atoms with Gasteiger partial charge in [-0.25, -0.2) is 4.98 Å². The molecule has 4 nitrogen and oxygen atoms in total.